The molecule has 0 unspecified atom stereocenters. The molecule has 1 aromatic heterocycles. The molecule has 3 nitrogen and oxygen atoms in total. The Hall–Kier alpha value is -1.09. The summed E-state index contributed by atoms with van der Waals surface area (Å²) in [5, 5.41) is 0. The van der Waals surface area contributed by atoms with Gasteiger partial charge in [-0.1, -0.05) is 6.07 Å². The zero-order valence-corrected chi connectivity index (χ0v) is 7.57. The van der Waals surface area contributed by atoms with Crippen molar-refractivity contribution in [1.82, 2.24) is 4.98 Å². The van der Waals surface area contributed by atoms with E-state index in [0.717, 1.165) is 18.7 Å². The first-order valence-corrected chi connectivity index (χ1v) is 4.70. The first kappa shape index (κ1) is 8.51. The summed E-state index contributed by atoms with van der Waals surface area (Å²) in [6.45, 7) is 0.848. The summed E-state index contributed by atoms with van der Waals surface area (Å²) in [6, 6.07) is 5.70. The molecule has 1 aliphatic heterocycles. The molecular formula is C10H14N2O. The fraction of sp³-hybridized carbons (Fsp3) is 0.500. The Morgan fingerprint density at radius 1 is 1.38 bits per heavy atom. The molecule has 0 radical (unpaired) electrons. The van der Waals surface area contributed by atoms with Crippen molar-refractivity contribution in [3.05, 3.63) is 23.9 Å². The van der Waals surface area contributed by atoms with Gasteiger partial charge in [0.15, 0.2) is 0 Å². The lowest BCUT2D eigenvalue weighted by Gasteiger charge is -2.21. The van der Waals surface area contributed by atoms with E-state index >= 15 is 0 Å². The number of nitrogens with zero attached hydrogens (tertiary/aromatic N) is 1. The maximum atomic E-state index is 5.60. The van der Waals surface area contributed by atoms with Gasteiger partial charge in [-0.3, -0.25) is 0 Å². The molecule has 2 N–H and O–H groups in total. The second-order valence-corrected chi connectivity index (χ2v) is 3.34. The van der Waals surface area contributed by atoms with E-state index in [9.17, 15) is 0 Å². The van der Waals surface area contributed by atoms with Gasteiger partial charge in [0.25, 0.3) is 0 Å². The standard InChI is InChI=1S/C10H14N2O/c11-10-6-3-4-8(12-10)9-5-1-2-7-13-9/h3-4,6,9H,1-2,5,7H2,(H2,11,12)/t9-/m0/s1. The Morgan fingerprint density at radius 2 is 2.31 bits per heavy atom. The molecular weight excluding hydrogens is 164 g/mol. The van der Waals surface area contributed by atoms with E-state index in [2.05, 4.69) is 4.98 Å². The summed E-state index contributed by atoms with van der Waals surface area (Å²) in [5.41, 5.74) is 6.57. The first-order valence-electron chi connectivity index (χ1n) is 4.70. The minimum Gasteiger partial charge on any atom is -0.384 e. The molecule has 1 aliphatic rings. The fourth-order valence-electron chi connectivity index (χ4n) is 1.62. The van der Waals surface area contributed by atoms with Crippen molar-refractivity contribution >= 4 is 5.82 Å². The molecule has 1 fully saturated rings. The Balaban J connectivity index is 2.14. The van der Waals surface area contributed by atoms with Crippen molar-refractivity contribution in [2.24, 2.45) is 0 Å². The van der Waals surface area contributed by atoms with E-state index in [-0.39, 0.29) is 6.10 Å². The average molecular weight is 178 g/mol. The van der Waals surface area contributed by atoms with Gasteiger partial charge in [0.2, 0.25) is 0 Å². The van der Waals surface area contributed by atoms with Gasteiger partial charge in [-0.2, -0.15) is 0 Å². The van der Waals surface area contributed by atoms with E-state index in [1.165, 1.54) is 12.8 Å². The third-order valence-electron chi connectivity index (χ3n) is 2.30. The zero-order valence-electron chi connectivity index (χ0n) is 7.57. The number of rotatable bonds is 1. The van der Waals surface area contributed by atoms with Gasteiger partial charge >= 0.3 is 0 Å². The molecule has 0 aromatic carbocycles. The van der Waals surface area contributed by atoms with E-state index < -0.39 is 0 Å². The van der Waals surface area contributed by atoms with Gasteiger partial charge in [0, 0.05) is 6.61 Å². The van der Waals surface area contributed by atoms with Crippen molar-refractivity contribution in [3.63, 3.8) is 0 Å². The van der Waals surface area contributed by atoms with Gasteiger partial charge in [-0.15, -0.1) is 0 Å². The van der Waals surface area contributed by atoms with Crippen LogP contribution in [-0.4, -0.2) is 11.6 Å². The Kier molecular flexibility index (Phi) is 2.45. The summed E-state index contributed by atoms with van der Waals surface area (Å²) in [7, 11) is 0. The monoisotopic (exact) mass is 178 g/mol. The smallest absolute Gasteiger partial charge is 0.123 e. The summed E-state index contributed by atoms with van der Waals surface area (Å²) in [6.07, 6.45) is 3.62. The molecule has 0 spiro atoms. The number of nitrogens with two attached hydrogens (primary N) is 1. The molecule has 13 heavy (non-hydrogen) atoms. The highest BCUT2D eigenvalue weighted by Gasteiger charge is 2.16. The van der Waals surface area contributed by atoms with Crippen molar-refractivity contribution < 1.29 is 4.74 Å². The summed E-state index contributed by atoms with van der Waals surface area (Å²) in [5.74, 6) is 0.576. The molecule has 0 aliphatic carbocycles. The van der Waals surface area contributed by atoms with Gasteiger partial charge in [0.05, 0.1) is 11.8 Å². The number of hydrogen-bond acceptors (Lipinski definition) is 3. The number of hydrogen-bond donors (Lipinski definition) is 1. The zero-order chi connectivity index (χ0) is 9.10. The van der Waals surface area contributed by atoms with Crippen molar-refractivity contribution in [2.45, 2.75) is 25.4 Å². The second-order valence-electron chi connectivity index (χ2n) is 3.34. The minimum atomic E-state index is 0.164. The summed E-state index contributed by atoms with van der Waals surface area (Å²) < 4.78 is 5.60. The van der Waals surface area contributed by atoms with Crippen LogP contribution < -0.4 is 5.73 Å². The lowest BCUT2D eigenvalue weighted by Crippen LogP contribution is -2.13. The van der Waals surface area contributed by atoms with Crippen LogP contribution >= 0.6 is 0 Å². The van der Waals surface area contributed by atoms with Gasteiger partial charge in [-0.25, -0.2) is 4.98 Å². The lowest BCUT2D eigenvalue weighted by molar-refractivity contribution is 0.0124. The fourth-order valence-corrected chi connectivity index (χ4v) is 1.62. The third kappa shape index (κ3) is 1.98. The summed E-state index contributed by atoms with van der Waals surface area (Å²) >= 11 is 0. The van der Waals surface area contributed by atoms with Crippen LogP contribution in [-0.2, 0) is 4.74 Å². The number of aromatic nitrogens is 1. The molecule has 70 valence electrons. The third-order valence-corrected chi connectivity index (χ3v) is 2.30. The molecule has 2 rings (SSSR count). The van der Waals surface area contributed by atoms with Gasteiger partial charge in [0.1, 0.15) is 5.82 Å². The van der Waals surface area contributed by atoms with Gasteiger partial charge < -0.3 is 10.5 Å². The molecule has 2 heterocycles. The largest absolute Gasteiger partial charge is 0.384 e. The highest BCUT2D eigenvalue weighted by molar-refractivity contribution is 5.29. The Bertz CT molecular complexity index is 282. The quantitative estimate of drug-likeness (QED) is 0.714. The maximum Gasteiger partial charge on any atom is 0.123 e. The van der Waals surface area contributed by atoms with Crippen molar-refractivity contribution in [1.29, 1.82) is 0 Å². The topological polar surface area (TPSA) is 48.1 Å². The first-order chi connectivity index (χ1) is 6.36. The van der Waals surface area contributed by atoms with Crippen molar-refractivity contribution in [3.8, 4) is 0 Å². The van der Waals surface area contributed by atoms with Crippen LogP contribution in [0.2, 0.25) is 0 Å². The van der Waals surface area contributed by atoms with E-state index in [0.29, 0.717) is 5.82 Å². The van der Waals surface area contributed by atoms with Crippen LogP contribution in [0.25, 0.3) is 0 Å². The average Bonchev–Trinajstić information content (AvgIpc) is 2.19. The van der Waals surface area contributed by atoms with Crippen molar-refractivity contribution in [2.75, 3.05) is 12.3 Å². The molecule has 1 aromatic rings. The van der Waals surface area contributed by atoms with Crippen LogP contribution in [0.5, 0.6) is 0 Å². The van der Waals surface area contributed by atoms with Crippen LogP contribution in [0.1, 0.15) is 31.1 Å². The molecule has 0 amide bonds. The number of nitrogen functional groups attached to an aromatic ring is 1. The molecule has 0 bridgehead atoms. The number of anilines is 1. The minimum absolute atomic E-state index is 0.164. The second kappa shape index (κ2) is 3.75. The molecule has 1 atom stereocenters. The lowest BCUT2D eigenvalue weighted by atomic mass is 10.1. The summed E-state index contributed by atoms with van der Waals surface area (Å²) in [4.78, 5) is 4.25. The van der Waals surface area contributed by atoms with E-state index in [4.69, 9.17) is 10.5 Å². The van der Waals surface area contributed by atoms with Crippen LogP contribution in [0.4, 0.5) is 5.82 Å². The van der Waals surface area contributed by atoms with Crippen LogP contribution in [0.3, 0.4) is 0 Å². The number of ether oxygens (including phenoxy) is 1. The maximum absolute atomic E-state index is 5.60. The van der Waals surface area contributed by atoms with Crippen LogP contribution in [0.15, 0.2) is 18.2 Å². The molecule has 0 saturated carbocycles. The predicted molar refractivity (Wildman–Crippen MR) is 51.2 cm³/mol. The molecule has 1 saturated heterocycles. The highest BCUT2D eigenvalue weighted by Crippen LogP contribution is 2.26. The number of pyridine rings is 1. The SMILES string of the molecule is Nc1cccc([C@@H]2CCCCO2)n1. The Morgan fingerprint density at radius 3 is 3.00 bits per heavy atom. The van der Waals surface area contributed by atoms with E-state index in [1.54, 1.807) is 6.07 Å². The Labute approximate surface area is 77.9 Å². The van der Waals surface area contributed by atoms with E-state index in [1.807, 2.05) is 12.1 Å². The highest BCUT2D eigenvalue weighted by atomic mass is 16.5. The normalized spacial score (nSPS) is 22.9. The molecule has 3 heteroatoms. The predicted octanol–water partition coefficient (Wildman–Crippen LogP) is 1.91. The van der Waals surface area contributed by atoms with Crippen LogP contribution in [0, 0.1) is 0 Å². The van der Waals surface area contributed by atoms with Gasteiger partial charge in [-0.05, 0) is 31.4 Å².